The maximum Gasteiger partial charge on any atom is 1.00 e. The van der Waals surface area contributed by atoms with Crippen molar-refractivity contribution in [1.82, 2.24) is 0 Å². The molecule has 0 aromatic heterocycles. The number of aliphatic hydroxyl groups excluding tert-OH is 1. The molecular weight excluding hydrogens is 467 g/mol. The Labute approximate surface area is 181 Å². The number of carboxylic acids is 2. The van der Waals surface area contributed by atoms with E-state index in [0.717, 1.165) is 0 Å². The van der Waals surface area contributed by atoms with Gasteiger partial charge in [0.25, 0.3) is 0 Å². The van der Waals surface area contributed by atoms with Gasteiger partial charge >= 0.3 is 63.4 Å². The number of aliphatic hydroxyl groups is 1. The number of carbonyl (C=O) groups excluding carboxylic acids is 1. The second-order valence-corrected chi connectivity index (χ2v) is 7.60. The molecule has 0 radical (unpaired) electrons. The van der Waals surface area contributed by atoms with Crippen LogP contribution in [-0.2, 0) is 32.5 Å². The minimum absolute atomic E-state index is 0. The third-order valence-electron chi connectivity index (χ3n) is 3.19. The van der Waals surface area contributed by atoms with Crippen LogP contribution < -0.4 is 34.7 Å². The zero-order chi connectivity index (χ0) is 22.1. The van der Waals surface area contributed by atoms with Crippen LogP contribution in [0.1, 0.15) is 6.42 Å². The Hall–Kier alpha value is -0.320. The zero-order valence-corrected chi connectivity index (χ0v) is 18.0. The quantitative estimate of drug-likeness (QED) is 0.103. The number of aliphatic carboxylic acids is 2. The molecular formula is C10H13F2NaO14P2. The normalized spacial score (nSPS) is 25.0. The Morgan fingerprint density at radius 3 is 2.07 bits per heavy atom. The molecule has 1 rings (SSSR count). The summed E-state index contributed by atoms with van der Waals surface area (Å²) in [6, 6.07) is 0. The number of phosphoric acid groups is 2. The summed E-state index contributed by atoms with van der Waals surface area (Å²) in [5, 5.41) is 29.9. The van der Waals surface area contributed by atoms with E-state index >= 15 is 0 Å². The Bertz CT molecular complexity index is 749. The molecule has 1 aliphatic rings. The Balaban J connectivity index is 0.00000784. The van der Waals surface area contributed by atoms with Crippen LogP contribution in [0.2, 0.25) is 0 Å². The van der Waals surface area contributed by atoms with Gasteiger partial charge in [-0.1, -0.05) is 0 Å². The average molecular weight is 480 g/mol. The minimum atomic E-state index is -5.93. The fraction of sp³-hybridized carbons (Fsp3) is 0.600. The Morgan fingerprint density at radius 2 is 1.72 bits per heavy atom. The SMILES string of the molecule is O=C([O-])C1=C[C@@H](OP(=O)(O)O)[C@@H](O)[C@H](O[C@](OP(=O)(O)O)(C(=O)O)C(F)F)C1.[Na+]. The second-order valence-electron chi connectivity index (χ2n) is 5.25. The number of ether oxygens (including phenoxy) is 1. The number of halogens is 2. The molecule has 14 nitrogen and oxygen atoms in total. The first-order chi connectivity index (χ1) is 12.5. The first-order valence-corrected chi connectivity index (χ1v) is 9.84. The molecule has 0 amide bonds. The molecule has 19 heteroatoms. The number of carboxylic acid groups (broad SMARTS) is 2. The number of alkyl halides is 2. The molecule has 1 aliphatic carbocycles. The minimum Gasteiger partial charge on any atom is -0.545 e. The average Bonchev–Trinajstić information content (AvgIpc) is 2.46. The predicted octanol–water partition coefficient (Wildman–Crippen LogP) is -5.55. The molecule has 0 saturated heterocycles. The van der Waals surface area contributed by atoms with E-state index in [9.17, 15) is 37.7 Å². The van der Waals surface area contributed by atoms with Crippen molar-refractivity contribution in [2.45, 2.75) is 36.9 Å². The summed E-state index contributed by atoms with van der Waals surface area (Å²) < 4.78 is 60.3. The van der Waals surface area contributed by atoms with Gasteiger partial charge in [-0.25, -0.2) is 27.2 Å². The van der Waals surface area contributed by atoms with Crippen molar-refractivity contribution in [2.75, 3.05) is 0 Å². The summed E-state index contributed by atoms with van der Waals surface area (Å²) in [5.74, 6) is -9.14. The first kappa shape index (κ1) is 28.7. The van der Waals surface area contributed by atoms with E-state index in [1.54, 1.807) is 0 Å². The third-order valence-corrected chi connectivity index (χ3v) is 4.22. The van der Waals surface area contributed by atoms with E-state index in [4.69, 9.17) is 24.7 Å². The zero-order valence-electron chi connectivity index (χ0n) is 14.2. The molecule has 162 valence electrons. The molecule has 0 saturated carbocycles. The summed E-state index contributed by atoms with van der Waals surface area (Å²) in [6.45, 7) is 0. The van der Waals surface area contributed by atoms with Crippen molar-refractivity contribution in [3.8, 4) is 0 Å². The monoisotopic (exact) mass is 480 g/mol. The maximum absolute atomic E-state index is 13.3. The Morgan fingerprint density at radius 1 is 1.21 bits per heavy atom. The van der Waals surface area contributed by atoms with Crippen LogP contribution in [-0.4, -0.2) is 72.2 Å². The van der Waals surface area contributed by atoms with Gasteiger partial charge < -0.3 is 44.4 Å². The summed E-state index contributed by atoms with van der Waals surface area (Å²) in [5.41, 5.74) is -0.904. The molecule has 0 fully saturated rings. The van der Waals surface area contributed by atoms with Crippen molar-refractivity contribution in [1.29, 1.82) is 0 Å². The van der Waals surface area contributed by atoms with Gasteiger partial charge in [-0.15, -0.1) is 0 Å². The molecule has 0 aromatic rings. The van der Waals surface area contributed by atoms with Gasteiger partial charge in [0.1, 0.15) is 12.2 Å². The molecule has 29 heavy (non-hydrogen) atoms. The smallest absolute Gasteiger partial charge is 0.545 e. The number of hydrogen-bond donors (Lipinski definition) is 6. The molecule has 0 unspecified atom stereocenters. The Kier molecular flexibility index (Phi) is 10.2. The van der Waals surface area contributed by atoms with Crippen LogP contribution in [0.4, 0.5) is 8.78 Å². The van der Waals surface area contributed by atoms with Crippen LogP contribution in [0, 0.1) is 0 Å². The van der Waals surface area contributed by atoms with Crippen LogP contribution in [0.5, 0.6) is 0 Å². The van der Waals surface area contributed by atoms with E-state index in [0.29, 0.717) is 6.08 Å². The van der Waals surface area contributed by atoms with Crippen LogP contribution in [0.15, 0.2) is 11.6 Å². The molecule has 4 atom stereocenters. The van der Waals surface area contributed by atoms with Crippen molar-refractivity contribution >= 4 is 27.6 Å². The maximum atomic E-state index is 13.3. The number of phosphoric ester groups is 2. The van der Waals surface area contributed by atoms with Crippen LogP contribution in [0.25, 0.3) is 0 Å². The van der Waals surface area contributed by atoms with E-state index < -0.39 is 70.1 Å². The van der Waals surface area contributed by atoms with E-state index in [1.807, 2.05) is 0 Å². The van der Waals surface area contributed by atoms with Gasteiger partial charge in [0.15, 0.2) is 0 Å². The summed E-state index contributed by atoms with van der Waals surface area (Å²) >= 11 is 0. The molecule has 0 aromatic carbocycles. The molecule has 0 spiro atoms. The summed E-state index contributed by atoms with van der Waals surface area (Å²) in [4.78, 5) is 57.1. The third kappa shape index (κ3) is 8.03. The van der Waals surface area contributed by atoms with E-state index in [-0.39, 0.29) is 29.6 Å². The van der Waals surface area contributed by atoms with Gasteiger partial charge in [-0.05, 0) is 11.6 Å². The van der Waals surface area contributed by atoms with Crippen molar-refractivity contribution in [3.05, 3.63) is 11.6 Å². The number of hydrogen-bond acceptors (Lipinski definition) is 9. The van der Waals surface area contributed by atoms with Gasteiger partial charge in [-0.2, -0.15) is 0 Å². The molecule has 0 heterocycles. The number of rotatable bonds is 9. The fourth-order valence-corrected chi connectivity index (χ4v) is 3.18. The number of carbonyl (C=O) groups is 2. The van der Waals surface area contributed by atoms with Crippen molar-refractivity contribution < 1.29 is 106 Å². The van der Waals surface area contributed by atoms with E-state index in [2.05, 4.69) is 13.8 Å². The van der Waals surface area contributed by atoms with E-state index in [1.165, 1.54) is 0 Å². The largest absolute Gasteiger partial charge is 1.00 e. The fourth-order valence-electron chi connectivity index (χ4n) is 2.13. The van der Waals surface area contributed by atoms with Gasteiger partial charge in [0.05, 0.1) is 12.1 Å². The van der Waals surface area contributed by atoms with Crippen molar-refractivity contribution in [2.24, 2.45) is 0 Å². The van der Waals surface area contributed by atoms with Crippen LogP contribution >= 0.6 is 15.6 Å². The van der Waals surface area contributed by atoms with Crippen molar-refractivity contribution in [3.63, 3.8) is 0 Å². The summed E-state index contributed by atoms with van der Waals surface area (Å²) in [7, 11) is -11.3. The van der Waals surface area contributed by atoms with Gasteiger partial charge in [0, 0.05) is 6.42 Å². The predicted molar refractivity (Wildman–Crippen MR) is 75.0 cm³/mol. The van der Waals surface area contributed by atoms with Gasteiger partial charge in [-0.3, -0.25) is 4.52 Å². The van der Waals surface area contributed by atoms with Gasteiger partial charge in [0.2, 0.25) is 0 Å². The molecule has 0 aliphatic heterocycles. The molecule has 0 bridgehead atoms. The first-order valence-electron chi connectivity index (χ1n) is 6.78. The molecule has 6 N–H and O–H groups in total. The topological polar surface area (TPSA) is 240 Å². The van der Waals surface area contributed by atoms with Crippen LogP contribution in [0.3, 0.4) is 0 Å². The second kappa shape index (κ2) is 10.3. The summed E-state index contributed by atoms with van der Waals surface area (Å²) in [6.07, 6.45) is -11.8. The standard InChI is InChI=1S/C10H14F2O14P2.Na/c11-8(12)10(9(16)17,26-28(21,22)23)24-4-1-3(7(14)15)2-5(6(4)13)25-27(18,19)20;/h2,4-6,8,13H,1H2,(H,14,15)(H,16,17)(H2,18,19,20)(H2,21,22,23);/q;+1/p-1/t4-,5-,6+,10-;/m1./s1.